The standard InChI is InChI=1S/C23H31N7O/c1-16-17(2)25-15-26-23(16)29-10-8-28(9-11-29)14-22-27-20-6-5-19(12-21(20)31-22)30-7-3-4-18(24)13-30/h5-6,12,15,18H,3-4,7-11,13-14,24H2,1-2H3/t18-/m0/s1. The Morgan fingerprint density at radius 1 is 1.06 bits per heavy atom. The molecule has 0 spiro atoms. The molecule has 164 valence electrons. The molecule has 0 unspecified atom stereocenters. The van der Waals surface area contributed by atoms with Gasteiger partial charge in [0.2, 0.25) is 5.89 Å². The largest absolute Gasteiger partial charge is 0.439 e. The zero-order chi connectivity index (χ0) is 21.4. The van der Waals surface area contributed by atoms with Crippen LogP contribution in [0.5, 0.6) is 0 Å². The fourth-order valence-electron chi connectivity index (χ4n) is 4.62. The lowest BCUT2D eigenvalue weighted by atomic mass is 10.1. The van der Waals surface area contributed by atoms with Crippen LogP contribution in [0.25, 0.3) is 11.1 Å². The molecule has 0 radical (unpaired) electrons. The van der Waals surface area contributed by atoms with Crippen LogP contribution >= 0.6 is 0 Å². The van der Waals surface area contributed by atoms with Gasteiger partial charge in [0.05, 0.1) is 6.54 Å². The first-order valence-electron chi connectivity index (χ1n) is 11.2. The van der Waals surface area contributed by atoms with E-state index in [4.69, 9.17) is 15.1 Å². The third-order valence-corrected chi connectivity index (χ3v) is 6.58. The Kier molecular flexibility index (Phi) is 5.50. The number of hydrogen-bond acceptors (Lipinski definition) is 8. The molecular formula is C23H31N7O. The summed E-state index contributed by atoms with van der Waals surface area (Å²) in [5, 5.41) is 0. The minimum absolute atomic E-state index is 0.253. The summed E-state index contributed by atoms with van der Waals surface area (Å²) in [5.41, 5.74) is 11.3. The van der Waals surface area contributed by atoms with Crippen molar-refractivity contribution in [2.75, 3.05) is 49.1 Å². The molecule has 8 nitrogen and oxygen atoms in total. The molecule has 1 atom stereocenters. The Morgan fingerprint density at radius 2 is 1.90 bits per heavy atom. The number of benzene rings is 1. The lowest BCUT2D eigenvalue weighted by Gasteiger charge is -2.35. The number of hydrogen-bond donors (Lipinski definition) is 1. The van der Waals surface area contributed by atoms with Gasteiger partial charge < -0.3 is 20.0 Å². The predicted octanol–water partition coefficient (Wildman–Crippen LogP) is 2.48. The summed E-state index contributed by atoms with van der Waals surface area (Å²) < 4.78 is 6.13. The highest BCUT2D eigenvalue weighted by atomic mass is 16.3. The van der Waals surface area contributed by atoms with Crippen molar-refractivity contribution < 1.29 is 4.42 Å². The van der Waals surface area contributed by atoms with Gasteiger partial charge in [-0.05, 0) is 38.8 Å². The molecule has 2 aliphatic rings. The molecule has 0 bridgehead atoms. The highest BCUT2D eigenvalue weighted by Gasteiger charge is 2.22. The molecule has 4 heterocycles. The topological polar surface area (TPSA) is 87.6 Å². The molecule has 1 aromatic carbocycles. The first kappa shape index (κ1) is 20.2. The number of aryl methyl sites for hydroxylation is 1. The van der Waals surface area contributed by atoms with Gasteiger partial charge in [0.1, 0.15) is 17.7 Å². The normalized spacial score (nSPS) is 20.5. The van der Waals surface area contributed by atoms with E-state index in [9.17, 15) is 0 Å². The number of nitrogens with zero attached hydrogens (tertiary/aromatic N) is 6. The Labute approximate surface area is 183 Å². The van der Waals surface area contributed by atoms with E-state index in [1.54, 1.807) is 6.33 Å². The number of anilines is 2. The van der Waals surface area contributed by atoms with E-state index in [1.165, 1.54) is 11.3 Å². The molecule has 3 aromatic rings. The van der Waals surface area contributed by atoms with Crippen molar-refractivity contribution in [2.45, 2.75) is 39.3 Å². The Bertz CT molecular complexity index is 1060. The second kappa shape index (κ2) is 8.43. The summed E-state index contributed by atoms with van der Waals surface area (Å²) in [4.78, 5) is 20.6. The Morgan fingerprint density at radius 3 is 2.71 bits per heavy atom. The Balaban J connectivity index is 1.23. The quantitative estimate of drug-likeness (QED) is 0.688. The molecule has 0 amide bonds. The van der Waals surface area contributed by atoms with Gasteiger partial charge in [-0.15, -0.1) is 0 Å². The van der Waals surface area contributed by atoms with Crippen LogP contribution in [0.15, 0.2) is 28.9 Å². The number of piperidine rings is 1. The van der Waals surface area contributed by atoms with Crippen LogP contribution in [-0.2, 0) is 6.54 Å². The molecular weight excluding hydrogens is 390 g/mol. The molecule has 2 aromatic heterocycles. The number of piperazine rings is 1. The second-order valence-electron chi connectivity index (χ2n) is 8.78. The zero-order valence-corrected chi connectivity index (χ0v) is 18.4. The van der Waals surface area contributed by atoms with Gasteiger partial charge in [0.25, 0.3) is 0 Å². The van der Waals surface area contributed by atoms with Crippen molar-refractivity contribution in [1.29, 1.82) is 0 Å². The SMILES string of the molecule is Cc1ncnc(N2CCN(Cc3nc4ccc(N5CCC[C@H](N)C5)cc4o3)CC2)c1C. The molecule has 5 rings (SSSR count). The van der Waals surface area contributed by atoms with Crippen molar-refractivity contribution in [3.05, 3.63) is 41.7 Å². The number of rotatable bonds is 4. The van der Waals surface area contributed by atoms with Crippen LogP contribution in [0, 0.1) is 13.8 Å². The molecule has 2 aliphatic heterocycles. The van der Waals surface area contributed by atoms with E-state index in [1.807, 2.05) is 6.92 Å². The molecule has 0 aliphatic carbocycles. The van der Waals surface area contributed by atoms with E-state index in [-0.39, 0.29) is 6.04 Å². The van der Waals surface area contributed by atoms with E-state index in [0.717, 1.165) is 87.2 Å². The number of oxazole rings is 1. The van der Waals surface area contributed by atoms with Gasteiger partial charge in [0, 0.05) is 68.3 Å². The van der Waals surface area contributed by atoms with Crippen LogP contribution in [0.2, 0.25) is 0 Å². The third-order valence-electron chi connectivity index (χ3n) is 6.58. The smallest absolute Gasteiger partial charge is 0.209 e. The second-order valence-corrected chi connectivity index (χ2v) is 8.78. The van der Waals surface area contributed by atoms with E-state index in [2.05, 4.69) is 49.8 Å². The van der Waals surface area contributed by atoms with Crippen LogP contribution in [0.1, 0.15) is 30.0 Å². The van der Waals surface area contributed by atoms with Crippen LogP contribution in [0.3, 0.4) is 0 Å². The fraction of sp³-hybridized carbons (Fsp3) is 0.522. The lowest BCUT2D eigenvalue weighted by molar-refractivity contribution is 0.228. The van der Waals surface area contributed by atoms with Gasteiger partial charge in [-0.25, -0.2) is 15.0 Å². The lowest BCUT2D eigenvalue weighted by Crippen LogP contribution is -2.46. The number of aromatic nitrogens is 3. The summed E-state index contributed by atoms with van der Waals surface area (Å²) in [5.74, 6) is 1.84. The van der Waals surface area contributed by atoms with E-state index in [0.29, 0.717) is 0 Å². The van der Waals surface area contributed by atoms with Crippen molar-refractivity contribution in [3.63, 3.8) is 0 Å². The van der Waals surface area contributed by atoms with Crippen molar-refractivity contribution in [2.24, 2.45) is 5.73 Å². The van der Waals surface area contributed by atoms with Crippen LogP contribution in [-0.4, -0.2) is 65.2 Å². The van der Waals surface area contributed by atoms with Crippen molar-refractivity contribution in [1.82, 2.24) is 19.9 Å². The summed E-state index contributed by atoms with van der Waals surface area (Å²) >= 11 is 0. The molecule has 2 saturated heterocycles. The summed E-state index contributed by atoms with van der Waals surface area (Å²) in [6.45, 7) is 10.6. The minimum Gasteiger partial charge on any atom is -0.439 e. The molecule has 31 heavy (non-hydrogen) atoms. The number of fused-ring (bicyclic) bond motifs is 1. The van der Waals surface area contributed by atoms with Gasteiger partial charge in [-0.1, -0.05) is 0 Å². The first-order valence-corrected chi connectivity index (χ1v) is 11.2. The van der Waals surface area contributed by atoms with Crippen molar-refractivity contribution >= 4 is 22.6 Å². The maximum atomic E-state index is 6.15. The van der Waals surface area contributed by atoms with Gasteiger partial charge in [-0.2, -0.15) is 0 Å². The molecule has 2 fully saturated rings. The van der Waals surface area contributed by atoms with E-state index < -0.39 is 0 Å². The van der Waals surface area contributed by atoms with Crippen LogP contribution in [0.4, 0.5) is 11.5 Å². The maximum absolute atomic E-state index is 6.15. The molecule has 8 heteroatoms. The zero-order valence-electron chi connectivity index (χ0n) is 18.4. The molecule has 0 saturated carbocycles. The highest BCUT2D eigenvalue weighted by Crippen LogP contribution is 2.26. The molecule has 2 N–H and O–H groups in total. The fourth-order valence-corrected chi connectivity index (χ4v) is 4.62. The Hall–Kier alpha value is -2.71. The summed E-state index contributed by atoms with van der Waals surface area (Å²) in [6, 6.07) is 6.57. The van der Waals surface area contributed by atoms with Gasteiger partial charge in [0.15, 0.2) is 5.58 Å². The van der Waals surface area contributed by atoms with Crippen LogP contribution < -0.4 is 15.5 Å². The summed E-state index contributed by atoms with van der Waals surface area (Å²) in [7, 11) is 0. The maximum Gasteiger partial charge on any atom is 0.209 e. The van der Waals surface area contributed by atoms with Gasteiger partial charge in [-0.3, -0.25) is 4.90 Å². The van der Waals surface area contributed by atoms with Crippen molar-refractivity contribution in [3.8, 4) is 0 Å². The first-order chi connectivity index (χ1) is 15.1. The van der Waals surface area contributed by atoms with Gasteiger partial charge >= 0.3 is 0 Å². The van der Waals surface area contributed by atoms with E-state index >= 15 is 0 Å². The highest BCUT2D eigenvalue weighted by molar-refractivity contribution is 5.77. The monoisotopic (exact) mass is 421 g/mol. The third kappa shape index (κ3) is 4.22. The predicted molar refractivity (Wildman–Crippen MR) is 122 cm³/mol. The minimum atomic E-state index is 0.253. The average Bonchev–Trinajstić information content (AvgIpc) is 3.18. The number of nitrogens with two attached hydrogens (primary N) is 1. The summed E-state index contributed by atoms with van der Waals surface area (Å²) in [6.07, 6.45) is 3.91. The average molecular weight is 422 g/mol.